The minimum Gasteiger partial charge on any atom is -0.480 e. The number of rotatable bonds is 3. The topological polar surface area (TPSA) is 68.2 Å². The first-order chi connectivity index (χ1) is 8.49. The van der Waals surface area contributed by atoms with Gasteiger partial charge >= 0.3 is 5.97 Å². The van der Waals surface area contributed by atoms with Gasteiger partial charge in [-0.1, -0.05) is 17.7 Å². The van der Waals surface area contributed by atoms with Gasteiger partial charge in [-0.2, -0.15) is 0 Å². The van der Waals surface area contributed by atoms with Crippen LogP contribution >= 0.6 is 11.6 Å². The highest BCUT2D eigenvalue weighted by molar-refractivity contribution is 6.36. The molecule has 0 fully saturated rings. The molecule has 0 amide bonds. The largest absolute Gasteiger partial charge is 0.480 e. The summed E-state index contributed by atoms with van der Waals surface area (Å²) in [7, 11) is 0. The zero-order valence-electron chi connectivity index (χ0n) is 10.3. The molecule has 18 heavy (non-hydrogen) atoms. The van der Waals surface area contributed by atoms with E-state index in [4.69, 9.17) is 22.4 Å². The fraction of sp³-hybridized carbons (Fsp3) is 0.308. The van der Waals surface area contributed by atoms with Crippen LogP contribution < -0.4 is 5.73 Å². The summed E-state index contributed by atoms with van der Waals surface area (Å²) in [5, 5.41) is 10.4. The summed E-state index contributed by atoms with van der Waals surface area (Å²) >= 11 is 6.19. The van der Waals surface area contributed by atoms with E-state index in [9.17, 15) is 4.79 Å². The number of fused-ring (bicyclic) bond motifs is 1. The summed E-state index contributed by atoms with van der Waals surface area (Å²) in [6, 6.07) is 4.48. The summed E-state index contributed by atoms with van der Waals surface area (Å²) in [5.41, 5.74) is 8.15. The summed E-state index contributed by atoms with van der Waals surface area (Å²) < 4.78 is 2.03. The van der Waals surface area contributed by atoms with Gasteiger partial charge in [0.05, 0.1) is 10.5 Å². The summed E-state index contributed by atoms with van der Waals surface area (Å²) in [6.07, 6.45) is 0. The summed E-state index contributed by atoms with van der Waals surface area (Å²) in [4.78, 5) is 11.1. The predicted octanol–water partition coefficient (Wildman–Crippen LogP) is 2.71. The van der Waals surface area contributed by atoms with Crippen LogP contribution in [0.4, 0.5) is 0 Å². The summed E-state index contributed by atoms with van der Waals surface area (Å²) in [5.74, 6) is -1.05. The normalized spacial score (nSPS) is 12.9. The number of hydrogen-bond acceptors (Lipinski definition) is 2. The first-order valence-electron chi connectivity index (χ1n) is 5.74. The lowest BCUT2D eigenvalue weighted by atomic mass is 10.0. The van der Waals surface area contributed by atoms with Crippen LogP contribution in [0.5, 0.6) is 0 Å². The number of aryl methyl sites for hydroxylation is 1. The van der Waals surface area contributed by atoms with Gasteiger partial charge in [-0.25, -0.2) is 0 Å². The van der Waals surface area contributed by atoms with Gasteiger partial charge in [-0.15, -0.1) is 0 Å². The van der Waals surface area contributed by atoms with E-state index in [-0.39, 0.29) is 0 Å². The van der Waals surface area contributed by atoms with Crippen molar-refractivity contribution in [2.24, 2.45) is 5.73 Å². The highest BCUT2D eigenvalue weighted by Gasteiger charge is 2.24. The van der Waals surface area contributed by atoms with Crippen molar-refractivity contribution in [2.75, 3.05) is 0 Å². The van der Waals surface area contributed by atoms with E-state index in [2.05, 4.69) is 0 Å². The quantitative estimate of drug-likeness (QED) is 0.897. The molecule has 1 atom stereocenters. The highest BCUT2D eigenvalue weighted by atomic mass is 35.5. The standard InChI is InChI=1S/C13H15ClN2O2/c1-3-16-7(2)10(12(15)13(17)18)11-8(14)5-4-6-9(11)16/h4-6,12H,3,15H2,1-2H3,(H,17,18). The molecule has 2 rings (SSSR count). The second-order valence-corrected chi connectivity index (χ2v) is 4.60. The molecule has 0 aliphatic carbocycles. The number of benzene rings is 1. The Morgan fingerprint density at radius 2 is 2.22 bits per heavy atom. The number of carboxylic acid groups (broad SMARTS) is 1. The molecule has 2 aromatic rings. The van der Waals surface area contributed by atoms with Crippen LogP contribution in [0.1, 0.15) is 24.2 Å². The first kappa shape index (κ1) is 12.9. The lowest BCUT2D eigenvalue weighted by molar-refractivity contribution is -0.138. The number of aliphatic carboxylic acids is 1. The van der Waals surface area contributed by atoms with Crippen molar-refractivity contribution in [2.45, 2.75) is 26.4 Å². The second kappa shape index (κ2) is 4.63. The number of aromatic nitrogens is 1. The predicted molar refractivity (Wildman–Crippen MR) is 71.9 cm³/mol. The minimum atomic E-state index is -1.06. The molecule has 1 aromatic carbocycles. The van der Waals surface area contributed by atoms with Crippen molar-refractivity contribution in [1.29, 1.82) is 0 Å². The van der Waals surface area contributed by atoms with Gasteiger partial charge in [0, 0.05) is 23.2 Å². The lowest BCUT2D eigenvalue weighted by Gasteiger charge is -2.08. The third-order valence-electron chi connectivity index (χ3n) is 3.24. The molecule has 0 aliphatic heterocycles. The van der Waals surface area contributed by atoms with E-state index in [0.717, 1.165) is 23.1 Å². The maximum atomic E-state index is 11.1. The molecule has 4 nitrogen and oxygen atoms in total. The van der Waals surface area contributed by atoms with Gasteiger partial charge in [0.15, 0.2) is 0 Å². The average Bonchev–Trinajstić information content (AvgIpc) is 2.61. The molecule has 5 heteroatoms. The van der Waals surface area contributed by atoms with Crippen LogP contribution in [0.2, 0.25) is 5.02 Å². The Morgan fingerprint density at radius 1 is 1.56 bits per heavy atom. The number of nitrogens with zero attached hydrogens (tertiary/aromatic N) is 1. The maximum absolute atomic E-state index is 11.1. The molecule has 0 saturated heterocycles. The van der Waals surface area contributed by atoms with Crippen molar-refractivity contribution in [3.63, 3.8) is 0 Å². The van der Waals surface area contributed by atoms with Gasteiger partial charge in [0.2, 0.25) is 0 Å². The second-order valence-electron chi connectivity index (χ2n) is 4.19. The molecule has 1 heterocycles. The van der Waals surface area contributed by atoms with Crippen molar-refractivity contribution in [3.05, 3.63) is 34.5 Å². The van der Waals surface area contributed by atoms with Crippen LogP contribution in [0.15, 0.2) is 18.2 Å². The van der Waals surface area contributed by atoms with Gasteiger partial charge in [0.25, 0.3) is 0 Å². The minimum absolute atomic E-state index is 0.537. The number of nitrogens with two attached hydrogens (primary N) is 1. The van der Waals surface area contributed by atoms with Gasteiger partial charge in [-0.3, -0.25) is 4.79 Å². The van der Waals surface area contributed by atoms with E-state index in [1.54, 1.807) is 6.07 Å². The smallest absolute Gasteiger partial charge is 0.325 e. The molecular weight excluding hydrogens is 252 g/mol. The van der Waals surface area contributed by atoms with E-state index >= 15 is 0 Å². The molecule has 0 saturated carbocycles. The first-order valence-corrected chi connectivity index (χ1v) is 6.12. The monoisotopic (exact) mass is 266 g/mol. The van der Waals surface area contributed by atoms with Crippen molar-refractivity contribution in [3.8, 4) is 0 Å². The molecule has 0 aliphatic rings. The lowest BCUT2D eigenvalue weighted by Crippen LogP contribution is -2.21. The molecule has 1 aromatic heterocycles. The van der Waals surface area contributed by atoms with Crippen LogP contribution in [0, 0.1) is 6.92 Å². The Hall–Kier alpha value is -1.52. The van der Waals surface area contributed by atoms with E-state index in [0.29, 0.717) is 10.6 Å². The fourth-order valence-electron chi connectivity index (χ4n) is 2.42. The molecule has 0 spiro atoms. The molecule has 96 valence electrons. The third kappa shape index (κ3) is 1.78. The molecule has 1 unspecified atom stereocenters. The Labute approximate surface area is 110 Å². The number of hydrogen-bond donors (Lipinski definition) is 2. The van der Waals surface area contributed by atoms with E-state index in [1.807, 2.05) is 30.5 Å². The Bertz CT molecular complexity index is 619. The Morgan fingerprint density at radius 3 is 2.78 bits per heavy atom. The zero-order valence-corrected chi connectivity index (χ0v) is 11.0. The number of halogens is 1. The SMILES string of the molecule is CCn1c(C)c(C(N)C(=O)O)c2c(Cl)cccc21. The summed E-state index contributed by atoms with van der Waals surface area (Å²) in [6.45, 7) is 4.62. The highest BCUT2D eigenvalue weighted by Crippen LogP contribution is 2.34. The van der Waals surface area contributed by atoms with E-state index < -0.39 is 12.0 Å². The number of carbonyl (C=O) groups is 1. The fourth-order valence-corrected chi connectivity index (χ4v) is 2.69. The van der Waals surface area contributed by atoms with Crippen molar-refractivity contribution < 1.29 is 9.90 Å². The van der Waals surface area contributed by atoms with Gasteiger partial charge in [-0.05, 0) is 26.0 Å². The van der Waals surface area contributed by atoms with Crippen molar-refractivity contribution in [1.82, 2.24) is 4.57 Å². The molecule has 3 N–H and O–H groups in total. The Kier molecular flexibility index (Phi) is 3.32. The van der Waals surface area contributed by atoms with Crippen molar-refractivity contribution >= 4 is 28.5 Å². The number of carboxylic acids is 1. The molecule has 0 radical (unpaired) electrons. The maximum Gasteiger partial charge on any atom is 0.325 e. The van der Waals surface area contributed by atoms with Gasteiger partial charge in [0.1, 0.15) is 6.04 Å². The Balaban J connectivity index is 2.87. The van der Waals surface area contributed by atoms with Crippen LogP contribution in [-0.2, 0) is 11.3 Å². The van der Waals surface area contributed by atoms with Crippen LogP contribution in [0.3, 0.4) is 0 Å². The van der Waals surface area contributed by atoms with E-state index in [1.165, 1.54) is 0 Å². The average molecular weight is 267 g/mol. The van der Waals surface area contributed by atoms with Crippen LogP contribution in [-0.4, -0.2) is 15.6 Å². The molecular formula is C13H15ClN2O2. The van der Waals surface area contributed by atoms with Gasteiger partial charge < -0.3 is 15.4 Å². The third-order valence-corrected chi connectivity index (χ3v) is 3.55. The van der Waals surface area contributed by atoms with Crippen LogP contribution in [0.25, 0.3) is 10.9 Å². The molecule has 0 bridgehead atoms. The zero-order chi connectivity index (χ0) is 13.4.